The van der Waals surface area contributed by atoms with Crippen molar-refractivity contribution >= 4 is 29.1 Å². The fourth-order valence-electron chi connectivity index (χ4n) is 4.59. The third kappa shape index (κ3) is 4.50. The molecular formula is C20H28Cl2N2O. The minimum Gasteiger partial charge on any atom is -0.349 e. The maximum absolute atomic E-state index is 12.7. The Balaban J connectivity index is 1.65. The molecule has 25 heavy (non-hydrogen) atoms. The molecule has 1 aromatic carbocycles. The highest BCUT2D eigenvalue weighted by molar-refractivity contribution is 6.35. The van der Waals surface area contributed by atoms with E-state index >= 15 is 0 Å². The van der Waals surface area contributed by atoms with Gasteiger partial charge in [0.05, 0.1) is 0 Å². The van der Waals surface area contributed by atoms with Crippen LogP contribution in [0.15, 0.2) is 18.2 Å². The molecule has 1 N–H and O–H groups in total. The molecule has 0 bridgehead atoms. The number of nitrogens with one attached hydrogen (secondary N) is 1. The number of halogens is 2. The van der Waals surface area contributed by atoms with Crippen molar-refractivity contribution in [1.82, 2.24) is 10.2 Å². The average Bonchev–Trinajstić information content (AvgIpc) is 2.91. The van der Waals surface area contributed by atoms with E-state index in [1.54, 1.807) is 18.2 Å². The highest BCUT2D eigenvalue weighted by Crippen LogP contribution is 2.46. The molecule has 1 amide bonds. The second-order valence-corrected chi connectivity index (χ2v) is 9.01. The molecule has 1 atom stereocenters. The van der Waals surface area contributed by atoms with Gasteiger partial charge < -0.3 is 10.2 Å². The molecule has 3 nitrogen and oxygen atoms in total. The predicted molar refractivity (Wildman–Crippen MR) is 105 cm³/mol. The van der Waals surface area contributed by atoms with Crippen LogP contribution in [-0.2, 0) is 0 Å². The highest BCUT2D eigenvalue weighted by atomic mass is 35.5. The first-order chi connectivity index (χ1) is 11.9. The zero-order valence-electron chi connectivity index (χ0n) is 15.2. The van der Waals surface area contributed by atoms with Crippen molar-refractivity contribution in [2.75, 3.05) is 19.6 Å². The number of hydrogen-bond acceptors (Lipinski definition) is 2. The van der Waals surface area contributed by atoms with E-state index in [9.17, 15) is 4.79 Å². The molecule has 1 spiro atoms. The molecule has 1 saturated heterocycles. The summed E-state index contributed by atoms with van der Waals surface area (Å²) in [7, 11) is 0. The van der Waals surface area contributed by atoms with E-state index in [1.807, 2.05) is 0 Å². The second-order valence-electron chi connectivity index (χ2n) is 8.13. The summed E-state index contributed by atoms with van der Waals surface area (Å²) >= 11 is 12.1. The first kappa shape index (κ1) is 19.0. The molecule has 3 rings (SSSR count). The van der Waals surface area contributed by atoms with Crippen LogP contribution in [0, 0.1) is 11.3 Å². The van der Waals surface area contributed by atoms with E-state index in [2.05, 4.69) is 24.1 Å². The number of hydrogen-bond donors (Lipinski definition) is 1. The molecule has 1 aromatic rings. The van der Waals surface area contributed by atoms with E-state index in [-0.39, 0.29) is 17.4 Å². The molecule has 1 aliphatic carbocycles. The lowest BCUT2D eigenvalue weighted by molar-refractivity contribution is 0.0672. The minimum atomic E-state index is -0.0553. The van der Waals surface area contributed by atoms with Gasteiger partial charge >= 0.3 is 0 Å². The van der Waals surface area contributed by atoms with E-state index in [0.717, 1.165) is 19.5 Å². The van der Waals surface area contributed by atoms with Crippen molar-refractivity contribution in [1.29, 1.82) is 0 Å². The van der Waals surface area contributed by atoms with Crippen LogP contribution in [0.5, 0.6) is 0 Å². The molecule has 1 saturated carbocycles. The van der Waals surface area contributed by atoms with Gasteiger partial charge in [-0.1, -0.05) is 43.5 Å². The van der Waals surface area contributed by atoms with Crippen molar-refractivity contribution in [2.24, 2.45) is 11.3 Å². The quantitative estimate of drug-likeness (QED) is 0.792. The molecule has 2 aliphatic rings. The Morgan fingerprint density at radius 2 is 1.84 bits per heavy atom. The Hall–Kier alpha value is -0.770. The number of nitrogens with zero attached hydrogens (tertiary/aromatic N) is 1. The Morgan fingerprint density at radius 3 is 2.44 bits per heavy atom. The van der Waals surface area contributed by atoms with Crippen molar-refractivity contribution < 1.29 is 4.79 Å². The van der Waals surface area contributed by atoms with Crippen molar-refractivity contribution in [3.63, 3.8) is 0 Å². The third-order valence-corrected chi connectivity index (χ3v) is 6.25. The van der Waals surface area contributed by atoms with Crippen molar-refractivity contribution in [3.8, 4) is 0 Å². The second kappa shape index (κ2) is 7.85. The number of likely N-dealkylation sites (tertiary alicyclic amines) is 1. The van der Waals surface area contributed by atoms with Gasteiger partial charge in [0.1, 0.15) is 0 Å². The standard InChI is InChI=1S/C20H28Cl2N2O/c1-14(2)13-24-8-6-20(7-9-24)5-3-4-18(20)23-19(25)15-10-16(21)12-17(22)11-15/h10-12,14,18H,3-9,13H2,1-2H3,(H,23,25). The van der Waals surface area contributed by atoms with Crippen LogP contribution < -0.4 is 5.32 Å². The van der Waals surface area contributed by atoms with E-state index in [0.29, 0.717) is 21.5 Å². The van der Waals surface area contributed by atoms with E-state index in [1.165, 1.54) is 32.2 Å². The molecule has 5 heteroatoms. The molecule has 1 heterocycles. The first-order valence-corrected chi connectivity index (χ1v) is 10.1. The fraction of sp³-hybridized carbons (Fsp3) is 0.650. The van der Waals surface area contributed by atoms with Crippen LogP contribution in [0.1, 0.15) is 56.3 Å². The fourth-order valence-corrected chi connectivity index (χ4v) is 5.11. The summed E-state index contributed by atoms with van der Waals surface area (Å²) in [5.41, 5.74) is 0.822. The number of carbonyl (C=O) groups is 1. The summed E-state index contributed by atoms with van der Waals surface area (Å²) in [5.74, 6) is 0.654. The normalized spacial score (nSPS) is 23.3. The summed E-state index contributed by atoms with van der Waals surface area (Å²) < 4.78 is 0. The lowest BCUT2D eigenvalue weighted by atomic mass is 9.74. The number of rotatable bonds is 4. The van der Waals surface area contributed by atoms with E-state index < -0.39 is 0 Å². The minimum absolute atomic E-state index is 0.0553. The van der Waals surface area contributed by atoms with Gasteiger partial charge in [-0.25, -0.2) is 0 Å². The van der Waals surface area contributed by atoms with Gasteiger partial charge in [-0.15, -0.1) is 0 Å². The van der Waals surface area contributed by atoms with Crippen LogP contribution in [0.2, 0.25) is 10.0 Å². The average molecular weight is 383 g/mol. The maximum atomic E-state index is 12.7. The largest absolute Gasteiger partial charge is 0.349 e. The van der Waals surface area contributed by atoms with Crippen LogP contribution in [-0.4, -0.2) is 36.5 Å². The predicted octanol–water partition coefficient (Wildman–Crippen LogP) is 5.01. The number of amides is 1. The van der Waals surface area contributed by atoms with Crippen LogP contribution in [0.3, 0.4) is 0 Å². The number of piperidine rings is 1. The summed E-state index contributed by atoms with van der Waals surface area (Å²) in [5, 5.41) is 4.29. The highest BCUT2D eigenvalue weighted by Gasteiger charge is 2.45. The Bertz CT molecular complexity index is 604. The smallest absolute Gasteiger partial charge is 0.251 e. The van der Waals surface area contributed by atoms with E-state index in [4.69, 9.17) is 23.2 Å². The Kier molecular flexibility index (Phi) is 5.97. The summed E-state index contributed by atoms with van der Waals surface area (Å²) in [6.45, 7) is 8.02. The van der Waals surface area contributed by atoms with Crippen molar-refractivity contribution in [2.45, 2.75) is 52.0 Å². The molecule has 0 radical (unpaired) electrons. The Morgan fingerprint density at radius 1 is 1.20 bits per heavy atom. The summed E-state index contributed by atoms with van der Waals surface area (Å²) in [6, 6.07) is 5.30. The molecular weight excluding hydrogens is 355 g/mol. The molecule has 138 valence electrons. The maximum Gasteiger partial charge on any atom is 0.251 e. The zero-order chi connectivity index (χ0) is 18.0. The Labute approximate surface area is 161 Å². The van der Waals surface area contributed by atoms with Gasteiger partial charge in [-0.05, 0) is 68.3 Å². The monoisotopic (exact) mass is 382 g/mol. The third-order valence-electron chi connectivity index (χ3n) is 5.81. The lowest BCUT2D eigenvalue weighted by Gasteiger charge is -2.43. The van der Waals surface area contributed by atoms with Gasteiger partial charge in [0.15, 0.2) is 0 Å². The number of carbonyl (C=O) groups excluding carboxylic acids is 1. The van der Waals surface area contributed by atoms with Crippen LogP contribution in [0.25, 0.3) is 0 Å². The zero-order valence-corrected chi connectivity index (χ0v) is 16.7. The molecule has 1 unspecified atom stereocenters. The first-order valence-electron chi connectivity index (χ1n) is 9.37. The van der Waals surface area contributed by atoms with Gasteiger partial charge in [-0.2, -0.15) is 0 Å². The van der Waals surface area contributed by atoms with Crippen LogP contribution >= 0.6 is 23.2 Å². The lowest BCUT2D eigenvalue weighted by Crippen LogP contribution is -2.50. The van der Waals surface area contributed by atoms with Gasteiger partial charge in [-0.3, -0.25) is 4.79 Å². The topological polar surface area (TPSA) is 32.3 Å². The molecule has 0 aromatic heterocycles. The summed E-state index contributed by atoms with van der Waals surface area (Å²) in [4.78, 5) is 15.3. The summed E-state index contributed by atoms with van der Waals surface area (Å²) in [6.07, 6.45) is 5.86. The van der Waals surface area contributed by atoms with Gasteiger partial charge in [0.25, 0.3) is 5.91 Å². The van der Waals surface area contributed by atoms with Crippen molar-refractivity contribution in [3.05, 3.63) is 33.8 Å². The molecule has 1 aliphatic heterocycles. The van der Waals surface area contributed by atoms with Gasteiger partial charge in [0, 0.05) is 28.2 Å². The number of benzene rings is 1. The van der Waals surface area contributed by atoms with Gasteiger partial charge in [0.2, 0.25) is 0 Å². The molecule has 2 fully saturated rings. The van der Waals surface area contributed by atoms with Crippen LogP contribution in [0.4, 0.5) is 0 Å². The SMILES string of the molecule is CC(C)CN1CCC2(CCCC2NC(=O)c2cc(Cl)cc(Cl)c2)CC1.